The van der Waals surface area contributed by atoms with Crippen LogP contribution in [0, 0.1) is 0 Å². The minimum absolute atomic E-state index is 0.0367. The molecule has 0 saturated carbocycles. The number of halogens is 2. The summed E-state index contributed by atoms with van der Waals surface area (Å²) in [6.07, 6.45) is 1.05. The quantitative estimate of drug-likeness (QED) is 0.461. The third-order valence-corrected chi connectivity index (χ3v) is 7.58. The molecule has 1 atom stereocenters. The monoisotopic (exact) mass is 569 g/mol. The average Bonchev–Trinajstić information content (AvgIpc) is 2.75. The molecule has 2 aromatic carbocycles. The number of carbonyl (C=O) groups excluding carboxylic acids is 2. The SMILES string of the molecule is C[C@@H](C(=O)NC(C)(C)C)N(Cc1ccc(Cl)c(Cl)c1)C(=O)CN(c1ccc(C(C)(C)C)cc1)S(C)(=O)=O. The summed E-state index contributed by atoms with van der Waals surface area (Å²) in [4.78, 5) is 28.0. The van der Waals surface area contributed by atoms with Crippen LogP contribution in [0.25, 0.3) is 0 Å². The van der Waals surface area contributed by atoms with E-state index in [1.54, 1.807) is 37.3 Å². The van der Waals surface area contributed by atoms with Crippen molar-refractivity contribution in [1.29, 1.82) is 0 Å². The first kappa shape index (κ1) is 30.9. The van der Waals surface area contributed by atoms with Crippen LogP contribution < -0.4 is 9.62 Å². The molecule has 0 fully saturated rings. The average molecular weight is 571 g/mol. The van der Waals surface area contributed by atoms with Crippen molar-refractivity contribution in [3.8, 4) is 0 Å². The van der Waals surface area contributed by atoms with Gasteiger partial charge in [0, 0.05) is 12.1 Å². The van der Waals surface area contributed by atoms with Gasteiger partial charge in [-0.15, -0.1) is 0 Å². The zero-order chi connectivity index (χ0) is 28.3. The van der Waals surface area contributed by atoms with Crippen LogP contribution in [0.1, 0.15) is 59.6 Å². The van der Waals surface area contributed by atoms with E-state index in [4.69, 9.17) is 23.2 Å². The Hall–Kier alpha value is -2.29. The summed E-state index contributed by atoms with van der Waals surface area (Å²) in [7, 11) is -3.81. The molecule has 37 heavy (non-hydrogen) atoms. The van der Waals surface area contributed by atoms with Crippen LogP contribution in [0.15, 0.2) is 42.5 Å². The van der Waals surface area contributed by atoms with Gasteiger partial charge in [-0.1, -0.05) is 62.2 Å². The number of hydrogen-bond acceptors (Lipinski definition) is 4. The molecule has 0 saturated heterocycles. The smallest absolute Gasteiger partial charge is 0.244 e. The van der Waals surface area contributed by atoms with Gasteiger partial charge < -0.3 is 10.2 Å². The molecule has 0 radical (unpaired) electrons. The van der Waals surface area contributed by atoms with E-state index in [1.807, 2.05) is 32.9 Å². The van der Waals surface area contributed by atoms with Crippen molar-refractivity contribution in [3.05, 3.63) is 63.6 Å². The van der Waals surface area contributed by atoms with Gasteiger partial charge >= 0.3 is 0 Å². The lowest BCUT2D eigenvalue weighted by Gasteiger charge is -2.33. The number of carbonyl (C=O) groups is 2. The van der Waals surface area contributed by atoms with E-state index in [9.17, 15) is 18.0 Å². The largest absolute Gasteiger partial charge is 0.350 e. The summed E-state index contributed by atoms with van der Waals surface area (Å²) >= 11 is 12.2. The van der Waals surface area contributed by atoms with E-state index >= 15 is 0 Å². The van der Waals surface area contributed by atoms with Crippen LogP contribution in [0.2, 0.25) is 10.0 Å². The first-order valence-electron chi connectivity index (χ1n) is 11.9. The second-order valence-corrected chi connectivity index (χ2v) is 14.0. The number of nitrogens with zero attached hydrogens (tertiary/aromatic N) is 2. The van der Waals surface area contributed by atoms with Crippen LogP contribution >= 0.6 is 23.2 Å². The first-order chi connectivity index (χ1) is 16.8. The molecular weight excluding hydrogens is 533 g/mol. The van der Waals surface area contributed by atoms with Gasteiger partial charge in [-0.05, 0) is 68.5 Å². The molecule has 10 heteroatoms. The third kappa shape index (κ3) is 8.90. The number of hydrogen-bond donors (Lipinski definition) is 1. The number of nitrogens with one attached hydrogen (secondary N) is 1. The molecule has 0 aromatic heterocycles. The molecule has 2 amide bonds. The predicted octanol–water partition coefficient (Wildman–Crippen LogP) is 5.39. The molecule has 0 heterocycles. The Balaban J connectivity index is 2.44. The molecule has 0 aliphatic carbocycles. The molecule has 204 valence electrons. The van der Waals surface area contributed by atoms with E-state index in [0.717, 1.165) is 16.1 Å². The molecular formula is C27H37Cl2N3O4S. The third-order valence-electron chi connectivity index (χ3n) is 5.70. The minimum Gasteiger partial charge on any atom is -0.350 e. The minimum atomic E-state index is -3.81. The summed E-state index contributed by atoms with van der Waals surface area (Å²) in [6, 6.07) is 11.1. The van der Waals surface area contributed by atoms with Crippen molar-refractivity contribution < 1.29 is 18.0 Å². The molecule has 0 aliphatic heterocycles. The molecule has 2 rings (SSSR count). The molecule has 0 aliphatic rings. The second-order valence-electron chi connectivity index (χ2n) is 11.3. The Morgan fingerprint density at radius 3 is 1.97 bits per heavy atom. The fourth-order valence-corrected chi connectivity index (χ4v) is 4.80. The second kappa shape index (κ2) is 11.6. The summed E-state index contributed by atoms with van der Waals surface area (Å²) in [5.41, 5.74) is 1.42. The Labute approximate surface area is 231 Å². The Morgan fingerprint density at radius 2 is 1.51 bits per heavy atom. The maximum Gasteiger partial charge on any atom is 0.244 e. The van der Waals surface area contributed by atoms with Crippen molar-refractivity contribution in [2.24, 2.45) is 0 Å². The van der Waals surface area contributed by atoms with Gasteiger partial charge in [0.15, 0.2) is 0 Å². The van der Waals surface area contributed by atoms with E-state index in [0.29, 0.717) is 21.3 Å². The highest BCUT2D eigenvalue weighted by atomic mass is 35.5. The highest BCUT2D eigenvalue weighted by Gasteiger charge is 2.31. The predicted molar refractivity (Wildman–Crippen MR) is 152 cm³/mol. The van der Waals surface area contributed by atoms with Crippen LogP contribution in [-0.2, 0) is 31.6 Å². The Bertz CT molecular complexity index is 1230. The molecule has 0 bridgehead atoms. The number of anilines is 1. The number of benzene rings is 2. The Kier molecular flexibility index (Phi) is 9.72. The number of sulfonamides is 1. The maximum absolute atomic E-state index is 13.6. The van der Waals surface area contributed by atoms with Gasteiger partial charge in [0.25, 0.3) is 0 Å². The van der Waals surface area contributed by atoms with Crippen molar-refractivity contribution >= 4 is 50.7 Å². The van der Waals surface area contributed by atoms with Crippen molar-refractivity contribution in [1.82, 2.24) is 10.2 Å². The zero-order valence-corrected chi connectivity index (χ0v) is 25.1. The number of rotatable bonds is 8. The van der Waals surface area contributed by atoms with Crippen LogP contribution in [0.5, 0.6) is 0 Å². The Morgan fingerprint density at radius 1 is 0.946 bits per heavy atom. The summed E-state index contributed by atoms with van der Waals surface area (Å²) < 4.78 is 26.5. The van der Waals surface area contributed by atoms with Gasteiger partial charge in [-0.3, -0.25) is 13.9 Å². The first-order valence-corrected chi connectivity index (χ1v) is 14.5. The van der Waals surface area contributed by atoms with Crippen molar-refractivity contribution in [2.45, 2.75) is 72.0 Å². The lowest BCUT2D eigenvalue weighted by molar-refractivity contribution is -0.140. The van der Waals surface area contributed by atoms with Crippen molar-refractivity contribution in [3.63, 3.8) is 0 Å². The highest BCUT2D eigenvalue weighted by molar-refractivity contribution is 7.92. The van der Waals surface area contributed by atoms with E-state index < -0.39 is 34.1 Å². The standard InChI is InChI=1S/C27H37Cl2N3O4S/c1-18(25(34)30-27(5,6)7)31(16-19-9-14-22(28)23(29)15-19)24(33)17-32(37(8,35)36)21-12-10-20(11-13-21)26(2,3)4/h9-15,18H,16-17H2,1-8H3,(H,30,34)/t18-/m0/s1. The fraction of sp³-hybridized carbons (Fsp3) is 0.481. The van der Waals surface area contributed by atoms with Gasteiger partial charge in [0.2, 0.25) is 21.8 Å². The zero-order valence-electron chi connectivity index (χ0n) is 22.7. The molecule has 0 unspecified atom stereocenters. The summed E-state index contributed by atoms with van der Waals surface area (Å²) in [5.74, 6) is -0.894. The molecule has 1 N–H and O–H groups in total. The summed E-state index contributed by atoms with van der Waals surface area (Å²) in [6.45, 7) is 12.9. The molecule has 7 nitrogen and oxygen atoms in total. The van der Waals surface area contributed by atoms with E-state index in [-0.39, 0.29) is 17.9 Å². The van der Waals surface area contributed by atoms with Crippen LogP contribution in [-0.4, -0.2) is 49.5 Å². The lowest BCUT2D eigenvalue weighted by atomic mass is 9.87. The van der Waals surface area contributed by atoms with Gasteiger partial charge in [0.05, 0.1) is 22.0 Å². The maximum atomic E-state index is 13.6. The van der Waals surface area contributed by atoms with Gasteiger partial charge in [-0.2, -0.15) is 0 Å². The molecule has 0 spiro atoms. The highest BCUT2D eigenvalue weighted by Crippen LogP contribution is 2.27. The number of amides is 2. The van der Waals surface area contributed by atoms with E-state index in [1.165, 1.54) is 4.90 Å². The van der Waals surface area contributed by atoms with Gasteiger partial charge in [0.1, 0.15) is 12.6 Å². The van der Waals surface area contributed by atoms with Gasteiger partial charge in [-0.25, -0.2) is 8.42 Å². The van der Waals surface area contributed by atoms with Crippen LogP contribution in [0.4, 0.5) is 5.69 Å². The summed E-state index contributed by atoms with van der Waals surface area (Å²) in [5, 5.41) is 3.56. The topological polar surface area (TPSA) is 86.8 Å². The lowest BCUT2D eigenvalue weighted by Crippen LogP contribution is -2.54. The fourth-order valence-electron chi connectivity index (χ4n) is 3.63. The van der Waals surface area contributed by atoms with Crippen LogP contribution in [0.3, 0.4) is 0 Å². The molecule has 2 aromatic rings. The van der Waals surface area contributed by atoms with E-state index in [2.05, 4.69) is 26.1 Å². The van der Waals surface area contributed by atoms with Crippen molar-refractivity contribution in [2.75, 3.05) is 17.1 Å². The normalized spacial score (nSPS) is 13.1.